The number of pyridine rings is 1. The summed E-state index contributed by atoms with van der Waals surface area (Å²) in [5.74, 6) is 0.0198. The van der Waals surface area contributed by atoms with Crippen LogP contribution in [-0.2, 0) is 13.0 Å². The second kappa shape index (κ2) is 6.52. The standard InChI is InChI=1S/C17H18N6O3/c24-8-13-15-12(22-23-16(15)25)6-14(20-13)21-17(26)19-10-5-9-3-1-2-4-11(9)18-7-10/h1-4,6,10,18,24H,5,7-8H2,(H2,22,23,25)(H2,19,20,21,26). The van der Waals surface area contributed by atoms with Crippen LogP contribution in [-0.4, -0.2) is 44.0 Å². The number of aromatic nitrogens is 3. The highest BCUT2D eigenvalue weighted by atomic mass is 16.3. The molecule has 1 atom stereocenters. The number of aromatic hydroxyl groups is 1. The van der Waals surface area contributed by atoms with Gasteiger partial charge in [0.05, 0.1) is 29.2 Å². The zero-order valence-electron chi connectivity index (χ0n) is 13.8. The second-order valence-electron chi connectivity index (χ2n) is 6.12. The molecule has 0 radical (unpaired) electrons. The summed E-state index contributed by atoms with van der Waals surface area (Å²) in [5.41, 5.74) is 2.95. The number of urea groups is 1. The lowest BCUT2D eigenvalue weighted by atomic mass is 10.00. The number of nitrogens with one attached hydrogen (secondary N) is 4. The third-order valence-corrected chi connectivity index (χ3v) is 4.35. The van der Waals surface area contributed by atoms with Gasteiger partial charge >= 0.3 is 6.03 Å². The fourth-order valence-corrected chi connectivity index (χ4v) is 3.16. The van der Waals surface area contributed by atoms with E-state index in [0.717, 1.165) is 17.7 Å². The minimum atomic E-state index is -0.393. The Bertz CT molecular complexity index is 970. The van der Waals surface area contributed by atoms with E-state index in [-0.39, 0.29) is 30.0 Å². The molecular weight excluding hydrogens is 336 g/mol. The summed E-state index contributed by atoms with van der Waals surface area (Å²) in [6, 6.07) is 9.09. The Morgan fingerprint density at radius 1 is 1.35 bits per heavy atom. The number of hydrogen-bond donors (Lipinski definition) is 6. The predicted octanol–water partition coefficient (Wildman–Crippen LogP) is 1.31. The molecule has 2 amide bonds. The highest BCUT2D eigenvalue weighted by molar-refractivity contribution is 5.93. The molecule has 9 nitrogen and oxygen atoms in total. The number of aliphatic hydroxyl groups is 1. The van der Waals surface area contributed by atoms with Crippen molar-refractivity contribution in [3.8, 4) is 5.88 Å². The molecule has 134 valence electrons. The van der Waals surface area contributed by atoms with Crippen molar-refractivity contribution in [1.82, 2.24) is 20.5 Å². The summed E-state index contributed by atoms with van der Waals surface area (Å²) in [6.45, 7) is 0.247. The second-order valence-corrected chi connectivity index (χ2v) is 6.12. The lowest BCUT2D eigenvalue weighted by Crippen LogP contribution is -2.45. The van der Waals surface area contributed by atoms with E-state index in [0.29, 0.717) is 17.4 Å². The number of para-hydroxylation sites is 1. The van der Waals surface area contributed by atoms with E-state index in [2.05, 4.69) is 31.1 Å². The number of nitrogens with zero attached hydrogens (tertiary/aromatic N) is 2. The molecule has 1 aliphatic rings. The predicted molar refractivity (Wildman–Crippen MR) is 96.1 cm³/mol. The molecule has 0 saturated carbocycles. The van der Waals surface area contributed by atoms with Gasteiger partial charge in [-0.25, -0.2) is 9.78 Å². The Hall–Kier alpha value is -3.33. The Morgan fingerprint density at radius 3 is 3.04 bits per heavy atom. The van der Waals surface area contributed by atoms with Crippen molar-refractivity contribution in [3.05, 3.63) is 41.6 Å². The van der Waals surface area contributed by atoms with Crippen LogP contribution in [0.4, 0.5) is 16.3 Å². The number of aliphatic hydroxyl groups excluding tert-OH is 1. The van der Waals surface area contributed by atoms with E-state index in [1.807, 2.05) is 24.3 Å². The third-order valence-electron chi connectivity index (χ3n) is 4.35. The van der Waals surface area contributed by atoms with Crippen LogP contribution in [0, 0.1) is 0 Å². The smallest absolute Gasteiger partial charge is 0.320 e. The molecule has 0 spiro atoms. The van der Waals surface area contributed by atoms with Crippen molar-refractivity contribution < 1.29 is 15.0 Å². The van der Waals surface area contributed by atoms with Crippen LogP contribution in [0.5, 0.6) is 5.88 Å². The van der Waals surface area contributed by atoms with Crippen LogP contribution in [0.1, 0.15) is 11.3 Å². The number of carbonyl (C=O) groups excluding carboxylic acids is 1. The van der Waals surface area contributed by atoms with E-state index in [1.54, 1.807) is 6.07 Å². The fraction of sp³-hybridized carbons (Fsp3) is 0.235. The van der Waals surface area contributed by atoms with E-state index >= 15 is 0 Å². The first-order valence-corrected chi connectivity index (χ1v) is 8.21. The van der Waals surface area contributed by atoms with E-state index in [4.69, 9.17) is 0 Å². The number of benzene rings is 1. The van der Waals surface area contributed by atoms with Crippen molar-refractivity contribution in [2.75, 3.05) is 17.2 Å². The maximum absolute atomic E-state index is 12.3. The molecule has 3 heterocycles. The van der Waals surface area contributed by atoms with Crippen molar-refractivity contribution in [3.63, 3.8) is 0 Å². The SMILES string of the molecule is O=C(Nc1cc2[nH]nc(O)c2c(CO)n1)NC1CNc2ccccc2C1. The molecule has 1 aliphatic heterocycles. The number of fused-ring (bicyclic) bond motifs is 2. The van der Waals surface area contributed by atoms with Crippen molar-refractivity contribution in [2.45, 2.75) is 19.1 Å². The maximum atomic E-state index is 12.3. The number of carbonyl (C=O) groups is 1. The zero-order chi connectivity index (χ0) is 18.1. The van der Waals surface area contributed by atoms with Crippen molar-refractivity contribution in [2.24, 2.45) is 0 Å². The molecular formula is C17H18N6O3. The van der Waals surface area contributed by atoms with E-state index in [9.17, 15) is 15.0 Å². The average Bonchev–Trinajstić information content (AvgIpc) is 3.02. The van der Waals surface area contributed by atoms with Gasteiger partial charge in [0.1, 0.15) is 5.82 Å². The number of hydrogen-bond acceptors (Lipinski definition) is 6. The Balaban J connectivity index is 1.46. The topological polar surface area (TPSA) is 135 Å². The van der Waals surface area contributed by atoms with E-state index < -0.39 is 6.03 Å². The summed E-state index contributed by atoms with van der Waals surface area (Å²) >= 11 is 0. The van der Waals surface area contributed by atoms with E-state index in [1.165, 1.54) is 0 Å². The first kappa shape index (κ1) is 16.2. The van der Waals surface area contributed by atoms with Crippen molar-refractivity contribution >= 4 is 28.4 Å². The molecule has 9 heteroatoms. The molecule has 1 aromatic carbocycles. The quantitative estimate of drug-likeness (QED) is 0.420. The third kappa shape index (κ3) is 3.00. The molecule has 0 saturated heterocycles. The van der Waals surface area contributed by atoms with Crippen LogP contribution in [0.15, 0.2) is 30.3 Å². The Morgan fingerprint density at radius 2 is 2.19 bits per heavy atom. The highest BCUT2D eigenvalue weighted by Crippen LogP contribution is 2.26. The number of rotatable bonds is 3. The van der Waals surface area contributed by atoms with Gasteiger partial charge in [-0.1, -0.05) is 18.2 Å². The van der Waals surface area contributed by atoms with Gasteiger partial charge in [-0.2, -0.15) is 0 Å². The molecule has 0 fully saturated rings. The Kier molecular flexibility index (Phi) is 4.05. The van der Waals surface area contributed by atoms with Gasteiger partial charge in [0, 0.05) is 18.3 Å². The zero-order valence-corrected chi connectivity index (χ0v) is 13.8. The first-order chi connectivity index (χ1) is 12.6. The summed E-state index contributed by atoms with van der Waals surface area (Å²) in [4.78, 5) is 16.5. The molecule has 0 aliphatic carbocycles. The van der Waals surface area contributed by atoms with Crippen LogP contribution < -0.4 is 16.0 Å². The number of anilines is 2. The summed E-state index contributed by atoms with van der Waals surface area (Å²) < 4.78 is 0. The molecule has 1 unspecified atom stereocenters. The van der Waals surface area contributed by atoms with Gasteiger partial charge in [-0.05, 0) is 18.1 Å². The summed E-state index contributed by atoms with van der Waals surface area (Å²) in [7, 11) is 0. The highest BCUT2D eigenvalue weighted by Gasteiger charge is 2.20. The molecule has 3 aromatic rings. The molecule has 0 bridgehead atoms. The lowest BCUT2D eigenvalue weighted by molar-refractivity contribution is 0.248. The molecule has 2 aromatic heterocycles. The van der Waals surface area contributed by atoms with Gasteiger partial charge in [0.25, 0.3) is 0 Å². The fourth-order valence-electron chi connectivity index (χ4n) is 3.16. The van der Waals surface area contributed by atoms with Crippen LogP contribution in [0.3, 0.4) is 0 Å². The van der Waals surface area contributed by atoms with Crippen LogP contribution in [0.2, 0.25) is 0 Å². The minimum absolute atomic E-state index is 0.0536. The van der Waals surface area contributed by atoms with Crippen LogP contribution in [0.25, 0.3) is 10.9 Å². The van der Waals surface area contributed by atoms with Crippen LogP contribution >= 0.6 is 0 Å². The van der Waals surface area contributed by atoms with Gasteiger partial charge < -0.3 is 20.8 Å². The summed E-state index contributed by atoms with van der Waals surface area (Å²) in [5, 5.41) is 34.7. The summed E-state index contributed by atoms with van der Waals surface area (Å²) in [6.07, 6.45) is 0.735. The first-order valence-electron chi connectivity index (χ1n) is 8.21. The van der Waals surface area contributed by atoms with Gasteiger partial charge in [0.2, 0.25) is 5.88 Å². The van der Waals surface area contributed by atoms with Gasteiger partial charge in [-0.15, -0.1) is 5.10 Å². The maximum Gasteiger partial charge on any atom is 0.320 e. The number of H-pyrrole nitrogens is 1. The Labute approximate surface area is 148 Å². The number of amides is 2. The largest absolute Gasteiger partial charge is 0.492 e. The minimum Gasteiger partial charge on any atom is -0.492 e. The van der Waals surface area contributed by atoms with Crippen molar-refractivity contribution in [1.29, 1.82) is 0 Å². The van der Waals surface area contributed by atoms with Gasteiger partial charge in [0.15, 0.2) is 0 Å². The molecule has 26 heavy (non-hydrogen) atoms. The molecule has 6 N–H and O–H groups in total. The molecule has 4 rings (SSSR count). The average molecular weight is 354 g/mol. The van der Waals surface area contributed by atoms with Gasteiger partial charge in [-0.3, -0.25) is 10.4 Å². The lowest BCUT2D eigenvalue weighted by Gasteiger charge is -2.26. The monoisotopic (exact) mass is 354 g/mol. The normalized spacial score (nSPS) is 16.0. The number of aromatic amines is 1.